The highest BCUT2D eigenvalue weighted by atomic mass is 16.3. The topological polar surface area (TPSA) is 23.5 Å². The van der Waals surface area contributed by atoms with Crippen molar-refractivity contribution in [3.8, 4) is 0 Å². The minimum absolute atomic E-state index is 0.0188. The van der Waals surface area contributed by atoms with Crippen LogP contribution in [0.4, 0.5) is 0 Å². The Morgan fingerprint density at radius 1 is 1.43 bits per heavy atom. The highest BCUT2D eigenvalue weighted by molar-refractivity contribution is 4.82. The second-order valence-electron chi connectivity index (χ2n) is 5.44. The fourth-order valence-corrected chi connectivity index (χ4v) is 1.68. The zero-order chi connectivity index (χ0) is 10.8. The van der Waals surface area contributed by atoms with Gasteiger partial charge in [-0.25, -0.2) is 0 Å². The summed E-state index contributed by atoms with van der Waals surface area (Å²) >= 11 is 0. The van der Waals surface area contributed by atoms with E-state index in [-0.39, 0.29) is 11.5 Å². The highest BCUT2D eigenvalue weighted by Crippen LogP contribution is 2.31. The van der Waals surface area contributed by atoms with Gasteiger partial charge in [-0.15, -0.1) is 0 Å². The number of hydrogen-bond acceptors (Lipinski definition) is 2. The molecule has 2 nitrogen and oxygen atoms in total. The molecular formula is C12H25NO. The quantitative estimate of drug-likeness (QED) is 0.708. The fourth-order valence-electron chi connectivity index (χ4n) is 1.68. The van der Waals surface area contributed by atoms with Gasteiger partial charge in [0.25, 0.3) is 0 Å². The van der Waals surface area contributed by atoms with E-state index in [9.17, 15) is 5.11 Å². The first-order valence-corrected chi connectivity index (χ1v) is 5.86. The Morgan fingerprint density at radius 2 is 2.00 bits per heavy atom. The summed E-state index contributed by atoms with van der Waals surface area (Å²) in [5.41, 5.74) is 0.0188. The summed E-state index contributed by atoms with van der Waals surface area (Å²) in [6.07, 6.45) is 2.59. The highest BCUT2D eigenvalue weighted by Gasteiger charge is 2.29. The Morgan fingerprint density at radius 3 is 2.36 bits per heavy atom. The van der Waals surface area contributed by atoms with E-state index in [0.29, 0.717) is 0 Å². The van der Waals surface area contributed by atoms with E-state index in [2.05, 4.69) is 25.7 Å². The molecule has 0 heterocycles. The Kier molecular flexibility index (Phi) is 3.96. The van der Waals surface area contributed by atoms with Crippen molar-refractivity contribution < 1.29 is 5.11 Å². The van der Waals surface area contributed by atoms with E-state index in [1.807, 2.05) is 6.92 Å². The molecule has 1 aliphatic rings. The van der Waals surface area contributed by atoms with Crippen LogP contribution in [-0.2, 0) is 0 Å². The van der Waals surface area contributed by atoms with E-state index >= 15 is 0 Å². The van der Waals surface area contributed by atoms with Crippen LogP contribution in [0.15, 0.2) is 0 Å². The molecule has 1 atom stereocenters. The molecule has 0 spiro atoms. The first-order chi connectivity index (χ1) is 6.45. The Bertz CT molecular complexity index is 173. The van der Waals surface area contributed by atoms with Crippen molar-refractivity contribution in [1.29, 1.82) is 0 Å². The molecule has 0 aromatic heterocycles. The maximum absolute atomic E-state index is 9.65. The van der Waals surface area contributed by atoms with Gasteiger partial charge in [0.2, 0.25) is 0 Å². The van der Waals surface area contributed by atoms with Gasteiger partial charge in [-0.05, 0) is 32.2 Å². The normalized spacial score (nSPS) is 20.1. The van der Waals surface area contributed by atoms with E-state index in [1.165, 1.54) is 19.4 Å². The molecule has 84 valence electrons. The molecule has 1 saturated carbocycles. The van der Waals surface area contributed by atoms with Crippen molar-refractivity contribution in [2.24, 2.45) is 11.3 Å². The number of hydrogen-bond donors (Lipinski definition) is 1. The third-order valence-corrected chi connectivity index (χ3v) is 3.42. The molecule has 1 aliphatic carbocycles. The molecule has 2 heteroatoms. The molecule has 14 heavy (non-hydrogen) atoms. The van der Waals surface area contributed by atoms with Crippen LogP contribution in [0.3, 0.4) is 0 Å². The van der Waals surface area contributed by atoms with Crippen molar-refractivity contribution in [3.63, 3.8) is 0 Å². The Hall–Kier alpha value is -0.0800. The maximum atomic E-state index is 9.65. The molecule has 1 unspecified atom stereocenters. The third kappa shape index (κ3) is 3.58. The van der Waals surface area contributed by atoms with E-state index in [1.54, 1.807) is 0 Å². The number of nitrogens with zero attached hydrogens (tertiary/aromatic N) is 1. The molecular weight excluding hydrogens is 174 g/mol. The van der Waals surface area contributed by atoms with Crippen LogP contribution in [0.2, 0.25) is 0 Å². The molecule has 1 N–H and O–H groups in total. The van der Waals surface area contributed by atoms with E-state index < -0.39 is 0 Å². The molecule has 1 rings (SSSR count). The number of aliphatic hydroxyl groups excluding tert-OH is 1. The van der Waals surface area contributed by atoms with Gasteiger partial charge >= 0.3 is 0 Å². The first kappa shape index (κ1) is 12.0. The first-order valence-electron chi connectivity index (χ1n) is 5.86. The molecule has 0 saturated heterocycles. The van der Waals surface area contributed by atoms with Crippen molar-refractivity contribution in [2.75, 3.05) is 19.6 Å². The summed E-state index contributed by atoms with van der Waals surface area (Å²) in [6.45, 7) is 11.7. The van der Waals surface area contributed by atoms with Crippen molar-refractivity contribution >= 4 is 0 Å². The van der Waals surface area contributed by atoms with Crippen LogP contribution < -0.4 is 0 Å². The lowest BCUT2D eigenvalue weighted by Gasteiger charge is -2.34. The minimum atomic E-state index is -0.226. The van der Waals surface area contributed by atoms with Gasteiger partial charge in [0.05, 0.1) is 6.10 Å². The van der Waals surface area contributed by atoms with Crippen molar-refractivity contribution in [1.82, 2.24) is 4.90 Å². The zero-order valence-electron chi connectivity index (χ0n) is 10.1. The molecule has 0 radical (unpaired) electrons. The van der Waals surface area contributed by atoms with Crippen LogP contribution in [0, 0.1) is 11.3 Å². The summed E-state index contributed by atoms with van der Waals surface area (Å²) in [4.78, 5) is 2.48. The molecule has 0 amide bonds. The van der Waals surface area contributed by atoms with Gasteiger partial charge in [0.1, 0.15) is 0 Å². The summed E-state index contributed by atoms with van der Waals surface area (Å²) < 4.78 is 0. The smallest absolute Gasteiger partial charge is 0.0575 e. The van der Waals surface area contributed by atoms with Gasteiger partial charge < -0.3 is 10.0 Å². The zero-order valence-corrected chi connectivity index (χ0v) is 10.1. The second-order valence-corrected chi connectivity index (χ2v) is 5.44. The van der Waals surface area contributed by atoms with Crippen molar-refractivity contribution in [2.45, 2.75) is 46.6 Å². The SMILES string of the molecule is CCN(CC1CC1)CC(C)(C)C(C)O. The van der Waals surface area contributed by atoms with Crippen molar-refractivity contribution in [3.05, 3.63) is 0 Å². The number of aliphatic hydroxyl groups is 1. The third-order valence-electron chi connectivity index (χ3n) is 3.42. The summed E-state index contributed by atoms with van der Waals surface area (Å²) in [5.74, 6) is 0.944. The predicted molar refractivity (Wildman–Crippen MR) is 60.3 cm³/mol. The predicted octanol–water partition coefficient (Wildman–Crippen LogP) is 2.13. The van der Waals surface area contributed by atoms with Gasteiger partial charge in [0.15, 0.2) is 0 Å². The van der Waals surface area contributed by atoms with E-state index in [0.717, 1.165) is 19.0 Å². The average Bonchev–Trinajstić information content (AvgIpc) is 2.86. The second kappa shape index (κ2) is 4.63. The molecule has 0 aliphatic heterocycles. The monoisotopic (exact) mass is 199 g/mol. The summed E-state index contributed by atoms with van der Waals surface area (Å²) in [6, 6.07) is 0. The Labute approximate surface area is 88.3 Å². The van der Waals surface area contributed by atoms with Crippen LogP contribution in [0.5, 0.6) is 0 Å². The van der Waals surface area contributed by atoms with Gasteiger partial charge in [-0.1, -0.05) is 20.8 Å². The maximum Gasteiger partial charge on any atom is 0.0575 e. The standard InChI is InChI=1S/C12H25NO/c1-5-13(8-11-6-7-11)9-12(3,4)10(2)14/h10-11,14H,5-9H2,1-4H3. The van der Waals surface area contributed by atoms with Crippen LogP contribution in [0.1, 0.15) is 40.5 Å². The molecule has 1 fully saturated rings. The summed E-state index contributed by atoms with van der Waals surface area (Å²) in [7, 11) is 0. The molecule has 0 aromatic rings. The van der Waals surface area contributed by atoms with Gasteiger partial charge in [-0.3, -0.25) is 0 Å². The molecule has 0 bridgehead atoms. The van der Waals surface area contributed by atoms with E-state index in [4.69, 9.17) is 0 Å². The van der Waals surface area contributed by atoms with Gasteiger partial charge in [0, 0.05) is 18.5 Å². The lowest BCUT2D eigenvalue weighted by Crippen LogP contribution is -2.41. The average molecular weight is 199 g/mol. The Balaban J connectivity index is 2.37. The van der Waals surface area contributed by atoms with Crippen LogP contribution in [0.25, 0.3) is 0 Å². The minimum Gasteiger partial charge on any atom is -0.393 e. The largest absolute Gasteiger partial charge is 0.393 e. The molecule has 0 aromatic carbocycles. The van der Waals surface area contributed by atoms with Crippen LogP contribution in [-0.4, -0.2) is 35.7 Å². The van der Waals surface area contributed by atoms with Crippen LogP contribution >= 0.6 is 0 Å². The fraction of sp³-hybridized carbons (Fsp3) is 1.00. The lowest BCUT2D eigenvalue weighted by molar-refractivity contribution is 0.0346. The lowest BCUT2D eigenvalue weighted by atomic mass is 9.87. The number of rotatable bonds is 6. The summed E-state index contributed by atoms with van der Waals surface area (Å²) in [5, 5.41) is 9.65. The van der Waals surface area contributed by atoms with Gasteiger partial charge in [-0.2, -0.15) is 0 Å².